The van der Waals surface area contributed by atoms with Crippen LogP contribution in [0.2, 0.25) is 5.02 Å². The van der Waals surface area contributed by atoms with Gasteiger partial charge in [0.1, 0.15) is 11.4 Å². The largest absolute Gasteiger partial charge is 0.493 e. The zero-order valence-corrected chi connectivity index (χ0v) is 14.0. The van der Waals surface area contributed by atoms with E-state index in [0.29, 0.717) is 36.2 Å². The summed E-state index contributed by atoms with van der Waals surface area (Å²) in [6, 6.07) is 5.15. The highest BCUT2D eigenvalue weighted by Crippen LogP contribution is 2.25. The number of likely N-dealkylation sites (tertiary alicyclic amines) is 1. The Hall–Kier alpha value is -1.62. The SMILES string of the molecule is CC(C)(C)OC(=O)N1CCC(COc2cc(N)cc(Cl)c2)C1. The zero-order chi connectivity index (χ0) is 16.3. The number of carbonyl (C=O) groups excluding carboxylic acids is 1. The van der Waals surface area contributed by atoms with Crippen molar-refractivity contribution in [2.45, 2.75) is 32.8 Å². The predicted octanol–water partition coefficient (Wildman–Crippen LogP) is 3.56. The third kappa shape index (κ3) is 4.98. The first-order valence-corrected chi connectivity index (χ1v) is 7.77. The van der Waals surface area contributed by atoms with Crippen LogP contribution in [0, 0.1) is 5.92 Å². The predicted molar refractivity (Wildman–Crippen MR) is 87.3 cm³/mol. The van der Waals surface area contributed by atoms with Crippen LogP contribution in [0.1, 0.15) is 27.2 Å². The third-order valence-electron chi connectivity index (χ3n) is 3.32. The molecule has 2 N–H and O–H groups in total. The van der Waals surface area contributed by atoms with Crippen LogP contribution in [0.15, 0.2) is 18.2 Å². The summed E-state index contributed by atoms with van der Waals surface area (Å²) >= 11 is 5.94. The molecule has 1 aromatic carbocycles. The van der Waals surface area contributed by atoms with Crippen LogP contribution < -0.4 is 10.5 Å². The van der Waals surface area contributed by atoms with E-state index in [1.165, 1.54) is 0 Å². The molecule has 0 radical (unpaired) electrons. The summed E-state index contributed by atoms with van der Waals surface area (Å²) in [6.45, 7) is 7.46. The second kappa shape index (κ2) is 6.65. The second-order valence-electron chi connectivity index (χ2n) is 6.61. The number of nitrogens with two attached hydrogens (primary N) is 1. The van der Waals surface area contributed by atoms with Crippen molar-refractivity contribution in [3.05, 3.63) is 23.2 Å². The molecule has 1 aromatic rings. The number of carbonyl (C=O) groups is 1. The number of nitrogens with zero attached hydrogens (tertiary/aromatic N) is 1. The van der Waals surface area contributed by atoms with Crippen molar-refractivity contribution in [1.29, 1.82) is 0 Å². The molecule has 0 spiro atoms. The van der Waals surface area contributed by atoms with Crippen LogP contribution in [0.4, 0.5) is 10.5 Å². The zero-order valence-electron chi connectivity index (χ0n) is 13.3. The lowest BCUT2D eigenvalue weighted by atomic mass is 10.1. The van der Waals surface area contributed by atoms with E-state index in [-0.39, 0.29) is 12.0 Å². The molecule has 1 saturated heterocycles. The first kappa shape index (κ1) is 16.7. The molecule has 22 heavy (non-hydrogen) atoms. The first-order chi connectivity index (χ1) is 10.2. The number of benzene rings is 1. The molecule has 1 heterocycles. The maximum absolute atomic E-state index is 12.0. The smallest absolute Gasteiger partial charge is 0.410 e. The molecule has 5 nitrogen and oxygen atoms in total. The van der Waals surface area contributed by atoms with Gasteiger partial charge in [-0.1, -0.05) is 11.6 Å². The number of halogens is 1. The highest BCUT2D eigenvalue weighted by Gasteiger charge is 2.30. The van der Waals surface area contributed by atoms with Crippen molar-refractivity contribution in [3.8, 4) is 5.75 Å². The first-order valence-electron chi connectivity index (χ1n) is 7.40. The minimum Gasteiger partial charge on any atom is -0.493 e. The van der Waals surface area contributed by atoms with Gasteiger partial charge < -0.3 is 20.1 Å². The van der Waals surface area contributed by atoms with Crippen molar-refractivity contribution >= 4 is 23.4 Å². The molecule has 1 aliphatic rings. The van der Waals surface area contributed by atoms with Gasteiger partial charge in [0.15, 0.2) is 0 Å². The Kier molecular flexibility index (Phi) is 5.06. The van der Waals surface area contributed by atoms with Crippen LogP contribution in [-0.4, -0.2) is 36.3 Å². The molecule has 1 fully saturated rings. The molecule has 1 atom stereocenters. The van der Waals surface area contributed by atoms with Crippen LogP contribution in [0.5, 0.6) is 5.75 Å². The molecule has 1 aliphatic heterocycles. The average molecular weight is 327 g/mol. The van der Waals surface area contributed by atoms with E-state index >= 15 is 0 Å². The van der Waals surface area contributed by atoms with Gasteiger partial charge in [-0.15, -0.1) is 0 Å². The number of rotatable bonds is 3. The van der Waals surface area contributed by atoms with E-state index in [9.17, 15) is 4.79 Å². The minimum atomic E-state index is -0.468. The van der Waals surface area contributed by atoms with E-state index in [1.54, 1.807) is 23.1 Å². The summed E-state index contributed by atoms with van der Waals surface area (Å²) in [4.78, 5) is 13.7. The summed E-state index contributed by atoms with van der Waals surface area (Å²) in [5.74, 6) is 0.938. The van der Waals surface area contributed by atoms with E-state index in [4.69, 9.17) is 26.8 Å². The van der Waals surface area contributed by atoms with E-state index in [1.807, 2.05) is 20.8 Å². The quantitative estimate of drug-likeness (QED) is 0.863. The molecule has 122 valence electrons. The van der Waals surface area contributed by atoms with E-state index in [2.05, 4.69) is 0 Å². The maximum atomic E-state index is 12.0. The van der Waals surface area contributed by atoms with Gasteiger partial charge in [0.25, 0.3) is 0 Å². The van der Waals surface area contributed by atoms with Gasteiger partial charge in [0.2, 0.25) is 0 Å². The fourth-order valence-corrected chi connectivity index (χ4v) is 2.58. The number of ether oxygens (including phenoxy) is 2. The van der Waals surface area contributed by atoms with Gasteiger partial charge in [-0.3, -0.25) is 0 Å². The maximum Gasteiger partial charge on any atom is 0.410 e. The number of hydrogen-bond donors (Lipinski definition) is 1. The van der Waals surface area contributed by atoms with Gasteiger partial charge in [-0.05, 0) is 39.3 Å². The third-order valence-corrected chi connectivity index (χ3v) is 3.54. The second-order valence-corrected chi connectivity index (χ2v) is 7.05. The highest BCUT2D eigenvalue weighted by molar-refractivity contribution is 6.31. The molecule has 6 heteroatoms. The topological polar surface area (TPSA) is 64.8 Å². The number of amides is 1. The molecule has 0 aliphatic carbocycles. The summed E-state index contributed by atoms with van der Waals surface area (Å²) in [5, 5.41) is 0.553. The van der Waals surface area contributed by atoms with Gasteiger partial charge in [0.05, 0.1) is 6.61 Å². The average Bonchev–Trinajstić information content (AvgIpc) is 2.82. The van der Waals surface area contributed by atoms with E-state index < -0.39 is 5.60 Å². The Morgan fingerprint density at radius 1 is 1.41 bits per heavy atom. The van der Waals surface area contributed by atoms with E-state index in [0.717, 1.165) is 6.42 Å². The van der Waals surface area contributed by atoms with Crippen molar-refractivity contribution in [3.63, 3.8) is 0 Å². The lowest BCUT2D eigenvalue weighted by Gasteiger charge is -2.24. The lowest BCUT2D eigenvalue weighted by molar-refractivity contribution is 0.0285. The Morgan fingerprint density at radius 2 is 2.14 bits per heavy atom. The van der Waals surface area contributed by atoms with Crippen LogP contribution in [0.3, 0.4) is 0 Å². The Balaban J connectivity index is 1.82. The van der Waals surface area contributed by atoms with Crippen molar-refractivity contribution < 1.29 is 14.3 Å². The normalized spacial score (nSPS) is 18.4. The van der Waals surface area contributed by atoms with Crippen LogP contribution in [-0.2, 0) is 4.74 Å². The molecule has 0 aromatic heterocycles. The molecule has 2 rings (SSSR count). The number of hydrogen-bond acceptors (Lipinski definition) is 4. The molecule has 0 bridgehead atoms. The fraction of sp³-hybridized carbons (Fsp3) is 0.562. The summed E-state index contributed by atoms with van der Waals surface area (Å²) < 4.78 is 11.1. The minimum absolute atomic E-state index is 0.262. The van der Waals surface area contributed by atoms with Crippen LogP contribution in [0.25, 0.3) is 0 Å². The molecule has 1 unspecified atom stereocenters. The molecular formula is C16H23ClN2O3. The van der Waals surface area contributed by atoms with Crippen molar-refractivity contribution in [2.24, 2.45) is 5.92 Å². The summed E-state index contributed by atoms with van der Waals surface area (Å²) in [5.41, 5.74) is 5.83. The van der Waals surface area contributed by atoms with Gasteiger partial charge >= 0.3 is 6.09 Å². The van der Waals surface area contributed by atoms with Crippen LogP contribution >= 0.6 is 11.6 Å². The molecular weight excluding hydrogens is 304 g/mol. The number of nitrogen functional groups attached to an aromatic ring is 1. The van der Waals surface area contributed by atoms with Gasteiger partial charge in [-0.2, -0.15) is 0 Å². The Labute approximate surface area is 136 Å². The summed E-state index contributed by atoms with van der Waals surface area (Å²) in [6.07, 6.45) is 0.636. The summed E-state index contributed by atoms with van der Waals surface area (Å²) in [7, 11) is 0. The monoisotopic (exact) mass is 326 g/mol. The highest BCUT2D eigenvalue weighted by atomic mass is 35.5. The lowest BCUT2D eigenvalue weighted by Crippen LogP contribution is -2.35. The Morgan fingerprint density at radius 3 is 2.77 bits per heavy atom. The van der Waals surface area contributed by atoms with Crippen molar-refractivity contribution in [2.75, 3.05) is 25.4 Å². The fourth-order valence-electron chi connectivity index (χ4n) is 2.34. The van der Waals surface area contributed by atoms with Crippen molar-refractivity contribution in [1.82, 2.24) is 4.90 Å². The number of anilines is 1. The van der Waals surface area contributed by atoms with Gasteiger partial charge in [0, 0.05) is 35.8 Å². The molecule has 1 amide bonds. The molecule has 0 saturated carbocycles. The van der Waals surface area contributed by atoms with Gasteiger partial charge in [-0.25, -0.2) is 4.79 Å². The standard InChI is InChI=1S/C16H23ClN2O3/c1-16(2,3)22-15(20)19-5-4-11(9-19)10-21-14-7-12(17)6-13(18)8-14/h6-8,11H,4-5,9-10,18H2,1-3H3. The Bertz CT molecular complexity index is 522.